The average Bonchev–Trinajstić information content (AvgIpc) is 2.33. The Morgan fingerprint density at radius 3 is 2.62 bits per heavy atom. The first-order chi connectivity index (χ1) is 5.97. The molecular weight excluding hydrogens is 230 g/mol. The van der Waals surface area contributed by atoms with Crippen LogP contribution in [-0.4, -0.2) is 41.6 Å². The second-order valence-electron chi connectivity index (χ2n) is 4.65. The van der Waals surface area contributed by atoms with Crippen LogP contribution in [0.2, 0.25) is 0 Å². The summed E-state index contributed by atoms with van der Waals surface area (Å²) in [5, 5.41) is 0. The van der Waals surface area contributed by atoms with Crippen LogP contribution in [0.3, 0.4) is 0 Å². The summed E-state index contributed by atoms with van der Waals surface area (Å²) in [5.74, 6) is 0. The lowest BCUT2D eigenvalue weighted by Crippen LogP contribution is -2.29. The highest BCUT2D eigenvalue weighted by molar-refractivity contribution is 9.09. The van der Waals surface area contributed by atoms with Crippen LogP contribution in [0.25, 0.3) is 0 Å². The van der Waals surface area contributed by atoms with Crippen molar-refractivity contribution in [1.29, 1.82) is 0 Å². The van der Waals surface area contributed by atoms with Crippen LogP contribution in [0.15, 0.2) is 0 Å². The molecule has 0 saturated carbocycles. The third kappa shape index (κ3) is 4.99. The van der Waals surface area contributed by atoms with Gasteiger partial charge in [-0.3, -0.25) is 4.90 Å². The lowest BCUT2D eigenvalue weighted by atomic mass is 10.2. The molecule has 0 aromatic carbocycles. The molecule has 0 amide bonds. The molecule has 0 aromatic heterocycles. The lowest BCUT2D eigenvalue weighted by molar-refractivity contribution is -0.0109. The van der Waals surface area contributed by atoms with Crippen LogP contribution in [0.1, 0.15) is 27.2 Å². The van der Waals surface area contributed by atoms with Crippen molar-refractivity contribution in [3.63, 3.8) is 0 Å². The minimum absolute atomic E-state index is 0.00747. The molecule has 0 spiro atoms. The van der Waals surface area contributed by atoms with Crippen molar-refractivity contribution in [2.24, 2.45) is 0 Å². The van der Waals surface area contributed by atoms with E-state index in [2.05, 4.69) is 41.6 Å². The Labute approximate surface area is 89.8 Å². The molecule has 2 nitrogen and oxygen atoms in total. The van der Waals surface area contributed by atoms with Gasteiger partial charge in [-0.15, -0.1) is 0 Å². The highest BCUT2D eigenvalue weighted by Crippen LogP contribution is 2.16. The number of halogens is 1. The van der Waals surface area contributed by atoms with Gasteiger partial charge in [0.15, 0.2) is 0 Å². The van der Waals surface area contributed by atoms with Crippen molar-refractivity contribution in [2.45, 2.75) is 37.6 Å². The maximum Gasteiger partial charge on any atom is 0.0600 e. The zero-order valence-electron chi connectivity index (χ0n) is 8.85. The van der Waals surface area contributed by atoms with Crippen molar-refractivity contribution < 1.29 is 4.74 Å². The van der Waals surface area contributed by atoms with E-state index in [1.807, 2.05) is 0 Å². The first-order valence-corrected chi connectivity index (χ1v) is 5.89. The quantitative estimate of drug-likeness (QED) is 0.712. The van der Waals surface area contributed by atoms with Crippen LogP contribution in [0, 0.1) is 0 Å². The summed E-state index contributed by atoms with van der Waals surface area (Å²) in [4.78, 5) is 3.15. The van der Waals surface area contributed by atoms with Gasteiger partial charge >= 0.3 is 0 Å². The topological polar surface area (TPSA) is 12.5 Å². The van der Waals surface area contributed by atoms with Gasteiger partial charge in [0.05, 0.1) is 12.2 Å². The first-order valence-electron chi connectivity index (χ1n) is 4.98. The predicted octanol–water partition coefficient (Wildman–Crippen LogP) is 2.27. The predicted molar refractivity (Wildman–Crippen MR) is 59.5 cm³/mol. The number of ether oxygens (including phenoxy) is 1. The molecule has 1 saturated heterocycles. The van der Waals surface area contributed by atoms with E-state index in [0.29, 0.717) is 4.83 Å². The minimum atomic E-state index is 0.00747. The Morgan fingerprint density at radius 2 is 2.15 bits per heavy atom. The first kappa shape index (κ1) is 11.5. The van der Waals surface area contributed by atoms with Gasteiger partial charge in [0.2, 0.25) is 0 Å². The molecular formula is C10H20BrNO. The van der Waals surface area contributed by atoms with Crippen molar-refractivity contribution in [3.05, 3.63) is 0 Å². The Kier molecular flexibility index (Phi) is 4.20. The second kappa shape index (κ2) is 4.76. The molecule has 1 heterocycles. The van der Waals surface area contributed by atoms with Crippen LogP contribution >= 0.6 is 15.9 Å². The van der Waals surface area contributed by atoms with Gasteiger partial charge in [0.1, 0.15) is 0 Å². The molecule has 1 aliphatic heterocycles. The molecule has 13 heavy (non-hydrogen) atoms. The summed E-state index contributed by atoms with van der Waals surface area (Å²) in [7, 11) is 0. The smallest absolute Gasteiger partial charge is 0.0600 e. The van der Waals surface area contributed by atoms with E-state index in [-0.39, 0.29) is 5.60 Å². The van der Waals surface area contributed by atoms with Gasteiger partial charge in [-0.2, -0.15) is 0 Å². The van der Waals surface area contributed by atoms with Gasteiger partial charge in [0, 0.05) is 17.9 Å². The van der Waals surface area contributed by atoms with Crippen molar-refractivity contribution in [2.75, 3.05) is 26.2 Å². The summed E-state index contributed by atoms with van der Waals surface area (Å²) >= 11 is 3.63. The summed E-state index contributed by atoms with van der Waals surface area (Å²) in [6.45, 7) is 10.6. The Morgan fingerprint density at radius 1 is 1.46 bits per heavy atom. The normalized spacial score (nSPS) is 25.4. The highest BCUT2D eigenvalue weighted by atomic mass is 79.9. The van der Waals surface area contributed by atoms with E-state index >= 15 is 0 Å². The van der Waals surface area contributed by atoms with Gasteiger partial charge in [-0.1, -0.05) is 15.9 Å². The van der Waals surface area contributed by atoms with E-state index in [0.717, 1.165) is 13.2 Å². The van der Waals surface area contributed by atoms with Crippen LogP contribution in [-0.2, 0) is 4.74 Å². The summed E-state index contributed by atoms with van der Waals surface area (Å²) in [6.07, 6.45) is 1.27. The highest BCUT2D eigenvalue weighted by Gasteiger charge is 2.20. The molecule has 3 heteroatoms. The molecule has 78 valence electrons. The van der Waals surface area contributed by atoms with E-state index in [1.165, 1.54) is 19.5 Å². The van der Waals surface area contributed by atoms with Gasteiger partial charge in [0.25, 0.3) is 0 Å². The standard InChI is InChI=1S/C10H20BrNO/c1-10(2,3)13-7-6-12-5-4-9(11)8-12/h9H,4-8H2,1-3H3. The monoisotopic (exact) mass is 249 g/mol. The third-order valence-corrected chi connectivity index (χ3v) is 2.90. The van der Waals surface area contributed by atoms with E-state index in [1.54, 1.807) is 0 Å². The van der Waals surface area contributed by atoms with Crippen molar-refractivity contribution in [3.8, 4) is 0 Å². The van der Waals surface area contributed by atoms with Gasteiger partial charge < -0.3 is 4.74 Å². The summed E-state index contributed by atoms with van der Waals surface area (Å²) < 4.78 is 5.67. The fourth-order valence-electron chi connectivity index (χ4n) is 1.47. The number of hydrogen-bond acceptors (Lipinski definition) is 2. The lowest BCUT2D eigenvalue weighted by Gasteiger charge is -2.22. The molecule has 1 rings (SSSR count). The zero-order valence-corrected chi connectivity index (χ0v) is 10.4. The molecule has 1 fully saturated rings. The Balaban J connectivity index is 2.07. The fourth-order valence-corrected chi connectivity index (χ4v) is 2.08. The number of hydrogen-bond donors (Lipinski definition) is 0. The zero-order chi connectivity index (χ0) is 9.90. The Bertz CT molecular complexity index is 155. The number of alkyl halides is 1. The number of rotatable bonds is 3. The van der Waals surface area contributed by atoms with Crippen molar-refractivity contribution in [1.82, 2.24) is 4.90 Å². The molecule has 0 aromatic rings. The molecule has 1 unspecified atom stereocenters. The Hall–Kier alpha value is 0.400. The van der Waals surface area contributed by atoms with E-state index < -0.39 is 0 Å². The largest absolute Gasteiger partial charge is 0.375 e. The van der Waals surface area contributed by atoms with Crippen LogP contribution in [0.5, 0.6) is 0 Å². The molecule has 0 bridgehead atoms. The van der Waals surface area contributed by atoms with Crippen molar-refractivity contribution >= 4 is 15.9 Å². The fraction of sp³-hybridized carbons (Fsp3) is 1.00. The van der Waals surface area contributed by atoms with Gasteiger partial charge in [-0.25, -0.2) is 0 Å². The number of likely N-dealkylation sites (tertiary alicyclic amines) is 1. The molecule has 0 N–H and O–H groups in total. The average molecular weight is 250 g/mol. The molecule has 0 aliphatic carbocycles. The minimum Gasteiger partial charge on any atom is -0.375 e. The van der Waals surface area contributed by atoms with Gasteiger partial charge in [-0.05, 0) is 33.7 Å². The summed E-state index contributed by atoms with van der Waals surface area (Å²) in [5.41, 5.74) is 0.00747. The molecule has 1 atom stereocenters. The second-order valence-corrected chi connectivity index (χ2v) is 5.94. The van der Waals surface area contributed by atoms with E-state index in [9.17, 15) is 0 Å². The maximum absolute atomic E-state index is 5.67. The number of nitrogens with zero attached hydrogens (tertiary/aromatic N) is 1. The third-order valence-electron chi connectivity index (χ3n) is 2.16. The molecule has 0 radical (unpaired) electrons. The van der Waals surface area contributed by atoms with Crippen LogP contribution < -0.4 is 0 Å². The van der Waals surface area contributed by atoms with Crippen LogP contribution in [0.4, 0.5) is 0 Å². The SMILES string of the molecule is CC(C)(C)OCCN1CCC(Br)C1. The summed E-state index contributed by atoms with van der Waals surface area (Å²) in [6, 6.07) is 0. The molecule has 1 aliphatic rings. The maximum atomic E-state index is 5.67. The van der Waals surface area contributed by atoms with E-state index in [4.69, 9.17) is 4.74 Å².